The Balaban J connectivity index is 3.44. The van der Waals surface area contributed by atoms with E-state index >= 15 is 0 Å². The molecule has 1 amide bonds. The minimum absolute atomic E-state index is 0.0121. The number of sulfone groups is 1. The van der Waals surface area contributed by atoms with Gasteiger partial charge in [0.15, 0.2) is 14.7 Å². The Morgan fingerprint density at radius 1 is 1.21 bits per heavy atom. The lowest BCUT2D eigenvalue weighted by molar-refractivity contribution is -0.120. The van der Waals surface area contributed by atoms with E-state index in [1.54, 1.807) is 0 Å². The summed E-state index contributed by atoms with van der Waals surface area (Å²) in [5, 5.41) is 11.5. The van der Waals surface area contributed by atoms with Gasteiger partial charge >= 0.3 is 6.16 Å². The molecule has 0 saturated heterocycles. The second-order valence-electron chi connectivity index (χ2n) is 6.99. The molecule has 0 radical (unpaired) electrons. The van der Waals surface area contributed by atoms with Crippen molar-refractivity contribution in [2.45, 2.75) is 48.1 Å². The Morgan fingerprint density at radius 3 is 2.14 bits per heavy atom. The van der Waals surface area contributed by atoms with Crippen LogP contribution in [-0.2, 0) is 19.4 Å². The topological polar surface area (TPSA) is 110 Å². The van der Waals surface area contributed by atoms with E-state index < -0.39 is 51.5 Å². The molecule has 0 aliphatic heterocycles. The average molecular weight is 472 g/mol. The number of carbonyl (C=O) groups excluding carboxylic acids is 1. The first-order valence-corrected chi connectivity index (χ1v) is 11.5. The van der Waals surface area contributed by atoms with E-state index in [4.69, 9.17) is 33.0 Å². The van der Waals surface area contributed by atoms with Crippen LogP contribution in [0.1, 0.15) is 31.7 Å². The predicted octanol–water partition coefficient (Wildman–Crippen LogP) is 3.54. The molecule has 0 bridgehead atoms. The first-order valence-electron chi connectivity index (χ1n) is 8.70. The van der Waals surface area contributed by atoms with Gasteiger partial charge in [-0.15, -0.1) is 0 Å². The fraction of sp³-hybridized carbons (Fsp3) is 0.556. The Morgan fingerprint density at radius 2 is 1.76 bits per heavy atom. The van der Waals surface area contributed by atoms with Crippen LogP contribution in [0.5, 0.6) is 0 Å². The van der Waals surface area contributed by atoms with E-state index in [9.17, 15) is 22.4 Å². The van der Waals surface area contributed by atoms with E-state index in [0.717, 1.165) is 6.26 Å². The molecule has 0 aliphatic rings. The SMILES string of the molecule is CC(C)C[C@@H](OC(=O)O)C(c1ccc(S(C)(=O)=O)cc1)[C@@H](CF)NC(=O)C(Cl)Cl. The third-order valence-corrected chi connectivity index (χ3v) is 5.70. The molecule has 0 fully saturated rings. The summed E-state index contributed by atoms with van der Waals surface area (Å²) >= 11 is 11.1. The second-order valence-corrected chi connectivity index (χ2v) is 10.1. The van der Waals surface area contributed by atoms with Gasteiger partial charge in [-0.05, 0) is 30.0 Å². The third kappa shape index (κ3) is 7.98. The largest absolute Gasteiger partial charge is 0.506 e. The van der Waals surface area contributed by atoms with Crippen molar-refractivity contribution in [1.82, 2.24) is 5.32 Å². The van der Waals surface area contributed by atoms with Crippen LogP contribution in [0.2, 0.25) is 0 Å². The summed E-state index contributed by atoms with van der Waals surface area (Å²) in [6.07, 6.45) is -1.28. The zero-order valence-electron chi connectivity index (χ0n) is 16.1. The average Bonchev–Trinajstić information content (AvgIpc) is 2.59. The van der Waals surface area contributed by atoms with Crippen LogP contribution in [0.3, 0.4) is 0 Å². The first kappa shape index (κ1) is 25.5. The molecule has 0 aliphatic carbocycles. The molecule has 0 spiro atoms. The minimum Gasteiger partial charge on any atom is -0.450 e. The van der Waals surface area contributed by atoms with Gasteiger partial charge in [0.25, 0.3) is 5.91 Å². The van der Waals surface area contributed by atoms with E-state index in [-0.39, 0.29) is 17.2 Å². The van der Waals surface area contributed by atoms with Gasteiger partial charge in [0.05, 0.1) is 10.9 Å². The number of carboxylic acid groups (broad SMARTS) is 1. The molecule has 11 heteroatoms. The lowest BCUT2D eigenvalue weighted by Gasteiger charge is -2.33. The molecule has 3 atom stereocenters. The van der Waals surface area contributed by atoms with Crippen molar-refractivity contribution in [2.24, 2.45) is 5.92 Å². The van der Waals surface area contributed by atoms with E-state index in [1.165, 1.54) is 24.3 Å². The second kappa shape index (κ2) is 11.0. The van der Waals surface area contributed by atoms with E-state index in [0.29, 0.717) is 5.56 Å². The van der Waals surface area contributed by atoms with Crippen molar-refractivity contribution in [1.29, 1.82) is 0 Å². The van der Waals surface area contributed by atoms with Gasteiger partial charge in [0.1, 0.15) is 12.8 Å². The maximum absolute atomic E-state index is 13.9. The van der Waals surface area contributed by atoms with Gasteiger partial charge in [-0.2, -0.15) is 0 Å². The molecule has 0 heterocycles. The normalized spacial score (nSPS) is 15.0. The smallest absolute Gasteiger partial charge is 0.450 e. The number of benzene rings is 1. The van der Waals surface area contributed by atoms with Crippen LogP contribution in [-0.4, -0.2) is 55.5 Å². The summed E-state index contributed by atoms with van der Waals surface area (Å²) in [5.41, 5.74) is 0.396. The van der Waals surface area contributed by atoms with Crippen LogP contribution in [0.25, 0.3) is 0 Å². The zero-order valence-corrected chi connectivity index (χ0v) is 18.5. The number of ether oxygens (including phenoxy) is 1. The Bertz CT molecular complexity index is 801. The van der Waals surface area contributed by atoms with Gasteiger partial charge in [-0.1, -0.05) is 49.2 Å². The van der Waals surface area contributed by atoms with Gasteiger partial charge in [-0.3, -0.25) is 4.79 Å². The van der Waals surface area contributed by atoms with Gasteiger partial charge in [-0.25, -0.2) is 17.6 Å². The molecule has 2 N–H and O–H groups in total. The number of rotatable bonds is 10. The standard InChI is InChI=1S/C18H24Cl2FNO6S/c1-10(2)8-14(28-18(24)25)15(13(9-21)22-17(23)16(19)20)11-4-6-12(7-5-11)29(3,26)27/h4-7,10,13-16H,8-9H2,1-3H3,(H,22,23)(H,24,25)/t13-,14-,15?/m1/s1. The number of nitrogens with one attached hydrogen (secondary N) is 1. The van der Waals surface area contributed by atoms with Gasteiger partial charge < -0.3 is 15.2 Å². The quantitative estimate of drug-likeness (QED) is 0.398. The minimum atomic E-state index is -3.46. The predicted molar refractivity (Wildman–Crippen MR) is 108 cm³/mol. The van der Waals surface area contributed by atoms with Crippen molar-refractivity contribution in [3.63, 3.8) is 0 Å². The Kier molecular flexibility index (Phi) is 9.64. The van der Waals surface area contributed by atoms with Crippen LogP contribution in [0.4, 0.5) is 9.18 Å². The van der Waals surface area contributed by atoms with Gasteiger partial charge in [0, 0.05) is 12.2 Å². The molecule has 1 rings (SSSR count). The Hall–Kier alpha value is -1.58. The number of hydrogen-bond donors (Lipinski definition) is 2. The molecule has 164 valence electrons. The first-order chi connectivity index (χ1) is 13.4. The van der Waals surface area contributed by atoms with Crippen molar-refractivity contribution in [3.05, 3.63) is 29.8 Å². The molecule has 7 nitrogen and oxygen atoms in total. The number of carbonyl (C=O) groups is 2. The molecular weight excluding hydrogens is 448 g/mol. The molecular formula is C18H24Cl2FNO6S. The van der Waals surface area contributed by atoms with Crippen LogP contribution >= 0.6 is 23.2 Å². The highest BCUT2D eigenvalue weighted by molar-refractivity contribution is 7.90. The van der Waals surface area contributed by atoms with Crippen molar-refractivity contribution in [2.75, 3.05) is 12.9 Å². The van der Waals surface area contributed by atoms with Crippen LogP contribution < -0.4 is 5.32 Å². The summed E-state index contributed by atoms with van der Waals surface area (Å²) < 4.78 is 42.3. The van der Waals surface area contributed by atoms with E-state index in [2.05, 4.69) is 5.32 Å². The van der Waals surface area contributed by atoms with E-state index in [1.807, 2.05) is 13.8 Å². The maximum atomic E-state index is 13.9. The summed E-state index contributed by atoms with van der Waals surface area (Å²) in [5.74, 6) is -1.79. The molecule has 1 aromatic rings. The fourth-order valence-electron chi connectivity index (χ4n) is 2.98. The molecule has 1 unspecified atom stereocenters. The number of alkyl halides is 3. The lowest BCUT2D eigenvalue weighted by Crippen LogP contribution is -2.47. The number of hydrogen-bond acceptors (Lipinski definition) is 5. The lowest BCUT2D eigenvalue weighted by atomic mass is 9.83. The molecule has 0 aromatic heterocycles. The number of halogens is 3. The maximum Gasteiger partial charge on any atom is 0.506 e. The summed E-state index contributed by atoms with van der Waals surface area (Å²) in [4.78, 5) is 21.8. The highest BCUT2D eigenvalue weighted by Crippen LogP contribution is 2.31. The molecule has 0 saturated carbocycles. The van der Waals surface area contributed by atoms with Crippen LogP contribution in [0.15, 0.2) is 29.2 Å². The highest BCUT2D eigenvalue weighted by atomic mass is 35.5. The summed E-state index contributed by atoms with van der Waals surface area (Å²) in [7, 11) is -3.46. The molecule has 29 heavy (non-hydrogen) atoms. The summed E-state index contributed by atoms with van der Waals surface area (Å²) in [6, 6.07) is 4.33. The monoisotopic (exact) mass is 471 g/mol. The number of amides is 1. The van der Waals surface area contributed by atoms with Crippen molar-refractivity contribution < 1.29 is 32.2 Å². The fourth-order valence-corrected chi connectivity index (χ4v) is 3.73. The Labute approximate surface area is 179 Å². The van der Waals surface area contributed by atoms with Gasteiger partial charge in [0.2, 0.25) is 0 Å². The van der Waals surface area contributed by atoms with Crippen molar-refractivity contribution in [3.8, 4) is 0 Å². The zero-order chi connectivity index (χ0) is 22.4. The summed E-state index contributed by atoms with van der Waals surface area (Å²) in [6.45, 7) is 2.61. The van der Waals surface area contributed by atoms with Crippen LogP contribution in [0, 0.1) is 5.92 Å². The highest BCUT2D eigenvalue weighted by Gasteiger charge is 2.36. The third-order valence-electron chi connectivity index (χ3n) is 4.18. The molecule has 1 aromatic carbocycles. The van der Waals surface area contributed by atoms with Crippen molar-refractivity contribution >= 4 is 45.1 Å².